The highest BCUT2D eigenvalue weighted by Gasteiger charge is 2.21. The molecule has 0 spiro atoms. The van der Waals surface area contributed by atoms with Crippen LogP contribution in [0.2, 0.25) is 0 Å². The maximum atomic E-state index is 12.5. The van der Waals surface area contributed by atoms with Crippen LogP contribution >= 0.6 is 11.3 Å². The lowest BCUT2D eigenvalue weighted by molar-refractivity contribution is -0.122. The maximum Gasteiger partial charge on any atom is 0.442 e. The van der Waals surface area contributed by atoms with Gasteiger partial charge in [0.25, 0.3) is 0 Å². The van der Waals surface area contributed by atoms with Crippen LogP contribution in [0, 0.1) is 5.92 Å². The van der Waals surface area contributed by atoms with Gasteiger partial charge in [-0.1, -0.05) is 55.4 Å². The van der Waals surface area contributed by atoms with E-state index in [1.165, 1.54) is 15.9 Å². The Labute approximate surface area is 149 Å². The third-order valence-corrected chi connectivity index (χ3v) is 4.74. The second-order valence-electron chi connectivity index (χ2n) is 6.04. The minimum absolute atomic E-state index is 0.130. The molecule has 0 fully saturated rings. The van der Waals surface area contributed by atoms with Crippen molar-refractivity contribution in [2.75, 3.05) is 0 Å². The van der Waals surface area contributed by atoms with Crippen LogP contribution in [-0.2, 0) is 11.3 Å². The summed E-state index contributed by atoms with van der Waals surface area (Å²) >= 11 is 1.43. The van der Waals surface area contributed by atoms with E-state index in [2.05, 4.69) is 10.5 Å². The average Bonchev–Trinajstić information content (AvgIpc) is 3.24. The lowest BCUT2D eigenvalue weighted by Crippen LogP contribution is -2.36. The molecular formula is C18H19N3O3S. The number of nitrogens with one attached hydrogen (secondary N) is 1. The lowest BCUT2D eigenvalue weighted by atomic mass is 9.96. The molecule has 0 bridgehead atoms. The Hall–Kier alpha value is -2.67. The van der Waals surface area contributed by atoms with Gasteiger partial charge in [-0.05, 0) is 22.9 Å². The highest BCUT2D eigenvalue weighted by Crippen LogP contribution is 2.23. The molecule has 6 nitrogen and oxygen atoms in total. The second-order valence-corrected chi connectivity index (χ2v) is 6.98. The standard InChI is InChI=1S/C18H19N3O3S/c1-12(2)16(13-7-4-3-5-8-13)19-15(22)11-21-17(20-24-18(21)23)14-9-6-10-25-14/h3-10,12,16H,11H2,1-2H3,(H,19,22). The number of carbonyl (C=O) groups is 1. The number of amides is 1. The molecule has 130 valence electrons. The first kappa shape index (κ1) is 17.2. The van der Waals surface area contributed by atoms with Crippen molar-refractivity contribution in [2.45, 2.75) is 26.4 Å². The van der Waals surface area contributed by atoms with Crippen molar-refractivity contribution in [3.8, 4) is 10.7 Å². The Bertz CT molecular complexity index is 882. The van der Waals surface area contributed by atoms with Gasteiger partial charge in [0, 0.05) is 0 Å². The molecule has 2 aromatic heterocycles. The normalized spacial score (nSPS) is 12.3. The predicted octanol–water partition coefficient (Wildman–Crippen LogP) is 3.08. The smallest absolute Gasteiger partial charge is 0.347 e. The third-order valence-electron chi connectivity index (χ3n) is 3.87. The van der Waals surface area contributed by atoms with Crippen molar-refractivity contribution in [3.63, 3.8) is 0 Å². The summed E-state index contributed by atoms with van der Waals surface area (Å²) in [5, 5.41) is 8.67. The van der Waals surface area contributed by atoms with Crippen LogP contribution in [0.4, 0.5) is 0 Å². The van der Waals surface area contributed by atoms with Crippen LogP contribution in [0.3, 0.4) is 0 Å². The van der Waals surface area contributed by atoms with Gasteiger partial charge in [-0.3, -0.25) is 9.32 Å². The van der Waals surface area contributed by atoms with Crippen LogP contribution in [0.5, 0.6) is 0 Å². The molecule has 1 atom stereocenters. The SMILES string of the molecule is CC(C)C(NC(=O)Cn1c(-c2cccs2)noc1=O)c1ccccc1. The Balaban J connectivity index is 1.79. The highest BCUT2D eigenvalue weighted by molar-refractivity contribution is 7.13. The van der Waals surface area contributed by atoms with E-state index in [0.29, 0.717) is 5.82 Å². The Kier molecular flexibility index (Phi) is 5.14. The van der Waals surface area contributed by atoms with E-state index in [-0.39, 0.29) is 24.4 Å². The van der Waals surface area contributed by atoms with Gasteiger partial charge in [-0.25, -0.2) is 9.36 Å². The number of hydrogen-bond acceptors (Lipinski definition) is 5. The zero-order chi connectivity index (χ0) is 17.8. The van der Waals surface area contributed by atoms with Crippen LogP contribution < -0.4 is 11.1 Å². The molecule has 0 aliphatic heterocycles. The quantitative estimate of drug-likeness (QED) is 0.735. The predicted molar refractivity (Wildman–Crippen MR) is 96.2 cm³/mol. The molecule has 1 aromatic carbocycles. The topological polar surface area (TPSA) is 77.1 Å². The average molecular weight is 357 g/mol. The zero-order valence-electron chi connectivity index (χ0n) is 14.0. The zero-order valence-corrected chi connectivity index (χ0v) is 14.8. The summed E-state index contributed by atoms with van der Waals surface area (Å²) in [5.74, 6) is -0.316. The minimum atomic E-state index is -0.639. The van der Waals surface area contributed by atoms with Crippen molar-refractivity contribution in [3.05, 3.63) is 64.0 Å². The molecule has 0 radical (unpaired) electrons. The molecule has 1 unspecified atom stereocenters. The van der Waals surface area contributed by atoms with Crippen LogP contribution in [0.1, 0.15) is 25.5 Å². The number of hydrogen-bond donors (Lipinski definition) is 1. The summed E-state index contributed by atoms with van der Waals surface area (Å²) in [6, 6.07) is 13.3. The van der Waals surface area contributed by atoms with E-state index in [0.717, 1.165) is 10.4 Å². The summed E-state index contributed by atoms with van der Waals surface area (Å²) < 4.78 is 5.99. The van der Waals surface area contributed by atoms with E-state index < -0.39 is 5.76 Å². The van der Waals surface area contributed by atoms with Gasteiger partial charge in [0.2, 0.25) is 5.91 Å². The fraction of sp³-hybridized carbons (Fsp3) is 0.278. The molecule has 2 heterocycles. The minimum Gasteiger partial charge on any atom is -0.347 e. The van der Waals surface area contributed by atoms with Gasteiger partial charge in [0.1, 0.15) is 6.54 Å². The van der Waals surface area contributed by atoms with Gasteiger partial charge in [-0.15, -0.1) is 11.3 Å². The van der Waals surface area contributed by atoms with E-state index in [1.54, 1.807) is 0 Å². The molecule has 1 N–H and O–H groups in total. The van der Waals surface area contributed by atoms with Crippen LogP contribution in [0.25, 0.3) is 10.7 Å². The number of carbonyl (C=O) groups excluding carboxylic acids is 1. The summed E-state index contributed by atoms with van der Waals surface area (Å²) in [6.45, 7) is 3.95. The first-order valence-corrected chi connectivity index (χ1v) is 8.89. The molecule has 0 saturated heterocycles. The second kappa shape index (κ2) is 7.48. The summed E-state index contributed by atoms with van der Waals surface area (Å²) in [4.78, 5) is 25.2. The van der Waals surface area contributed by atoms with Gasteiger partial charge in [-0.2, -0.15) is 0 Å². The van der Waals surface area contributed by atoms with Crippen LogP contribution in [0.15, 0.2) is 57.2 Å². The van der Waals surface area contributed by atoms with Crippen molar-refractivity contribution >= 4 is 17.2 Å². The van der Waals surface area contributed by atoms with E-state index in [4.69, 9.17) is 4.52 Å². The van der Waals surface area contributed by atoms with Crippen molar-refractivity contribution < 1.29 is 9.32 Å². The Morgan fingerprint density at radius 1 is 1.24 bits per heavy atom. The summed E-state index contributed by atoms with van der Waals surface area (Å²) in [5.41, 5.74) is 1.03. The van der Waals surface area contributed by atoms with E-state index in [9.17, 15) is 9.59 Å². The van der Waals surface area contributed by atoms with Gasteiger partial charge < -0.3 is 5.32 Å². The van der Waals surface area contributed by atoms with Gasteiger partial charge in [0.05, 0.1) is 10.9 Å². The number of thiophene rings is 1. The largest absolute Gasteiger partial charge is 0.442 e. The number of nitrogens with zero attached hydrogens (tertiary/aromatic N) is 2. The van der Waals surface area contributed by atoms with Crippen LogP contribution in [-0.4, -0.2) is 15.6 Å². The number of rotatable bonds is 6. The van der Waals surface area contributed by atoms with Crippen molar-refractivity contribution in [1.29, 1.82) is 0 Å². The maximum absolute atomic E-state index is 12.5. The number of aromatic nitrogens is 2. The Morgan fingerprint density at radius 3 is 2.64 bits per heavy atom. The molecule has 7 heteroatoms. The van der Waals surface area contributed by atoms with E-state index in [1.807, 2.05) is 61.7 Å². The Morgan fingerprint density at radius 2 is 2.00 bits per heavy atom. The fourth-order valence-electron chi connectivity index (χ4n) is 2.65. The molecule has 3 aromatic rings. The highest BCUT2D eigenvalue weighted by atomic mass is 32.1. The molecule has 0 saturated carbocycles. The number of benzene rings is 1. The molecule has 0 aliphatic carbocycles. The van der Waals surface area contributed by atoms with Crippen molar-refractivity contribution in [1.82, 2.24) is 15.0 Å². The first-order valence-electron chi connectivity index (χ1n) is 8.01. The molecule has 1 amide bonds. The lowest BCUT2D eigenvalue weighted by Gasteiger charge is -2.23. The summed E-state index contributed by atoms with van der Waals surface area (Å²) in [7, 11) is 0. The molecule has 3 rings (SSSR count). The monoisotopic (exact) mass is 357 g/mol. The van der Waals surface area contributed by atoms with Gasteiger partial charge in [0.15, 0.2) is 5.82 Å². The molecular weight excluding hydrogens is 338 g/mol. The molecule has 0 aliphatic rings. The summed E-state index contributed by atoms with van der Waals surface area (Å²) in [6.07, 6.45) is 0. The van der Waals surface area contributed by atoms with Gasteiger partial charge >= 0.3 is 5.76 Å². The fourth-order valence-corrected chi connectivity index (χ4v) is 3.36. The first-order chi connectivity index (χ1) is 12.1. The third kappa shape index (κ3) is 3.88. The van der Waals surface area contributed by atoms with Crippen molar-refractivity contribution in [2.24, 2.45) is 5.92 Å². The molecule has 25 heavy (non-hydrogen) atoms. The van der Waals surface area contributed by atoms with E-state index >= 15 is 0 Å².